The molecule has 0 saturated carbocycles. The molecule has 0 saturated heterocycles. The second-order valence-electron chi connectivity index (χ2n) is 5.60. The van der Waals surface area contributed by atoms with Crippen molar-refractivity contribution in [1.82, 2.24) is 0 Å². The molecule has 0 nitrogen and oxygen atoms in total. The van der Waals surface area contributed by atoms with Crippen molar-refractivity contribution in [3.8, 4) is 0 Å². The van der Waals surface area contributed by atoms with Gasteiger partial charge in [0.2, 0.25) is 0 Å². The van der Waals surface area contributed by atoms with Crippen molar-refractivity contribution in [3.05, 3.63) is 41.6 Å². The Morgan fingerprint density at radius 2 is 1.05 bits per heavy atom. The molecule has 2 aliphatic rings. The largest absolute Gasteiger partial charge is 2.00 e. The molecular formula is C16H28Sn2Ti-2. The van der Waals surface area contributed by atoms with Crippen LogP contribution in [0.15, 0.2) is 29.5 Å². The SMILES string of the molecule is CC1=C(C)C(C)[C-]=[C]1[SnH3].CC1=C(C)C(C)[C-]=[C]1[SnH3].[H-].[H-].[Ti+2]. The van der Waals surface area contributed by atoms with Crippen LogP contribution in [0.4, 0.5) is 0 Å². The van der Waals surface area contributed by atoms with Gasteiger partial charge in [-0.2, -0.15) is 0 Å². The van der Waals surface area contributed by atoms with Crippen LogP contribution in [-0.2, 0) is 21.7 Å². The molecule has 0 aromatic rings. The molecule has 0 heterocycles. The number of hydrogen-bond acceptors (Lipinski definition) is 0. The molecule has 0 aliphatic heterocycles. The topological polar surface area (TPSA) is 0 Å². The first kappa shape index (κ1) is 20.3. The smallest absolute Gasteiger partial charge is 1.00 e. The van der Waals surface area contributed by atoms with Crippen LogP contribution in [0, 0.1) is 24.0 Å². The molecule has 2 rings (SSSR count). The maximum Gasteiger partial charge on any atom is 2.00 e. The van der Waals surface area contributed by atoms with E-state index >= 15 is 0 Å². The summed E-state index contributed by atoms with van der Waals surface area (Å²) in [6.07, 6.45) is 6.90. The summed E-state index contributed by atoms with van der Waals surface area (Å²) < 4.78 is 3.09. The van der Waals surface area contributed by atoms with Crippen molar-refractivity contribution in [2.45, 2.75) is 41.5 Å². The van der Waals surface area contributed by atoms with Crippen LogP contribution in [-0.4, -0.2) is 45.0 Å². The van der Waals surface area contributed by atoms with Gasteiger partial charge in [-0.1, -0.05) is 0 Å². The van der Waals surface area contributed by atoms with Gasteiger partial charge in [0.1, 0.15) is 0 Å². The molecule has 0 fully saturated rings. The van der Waals surface area contributed by atoms with Crippen molar-refractivity contribution in [1.29, 1.82) is 0 Å². The summed E-state index contributed by atoms with van der Waals surface area (Å²) in [4.78, 5) is 0. The van der Waals surface area contributed by atoms with Crippen LogP contribution in [0.2, 0.25) is 0 Å². The number of hydrogen-bond donors (Lipinski definition) is 0. The van der Waals surface area contributed by atoms with Crippen molar-refractivity contribution in [2.24, 2.45) is 11.8 Å². The number of allylic oxidation sites excluding steroid dienone is 8. The first-order chi connectivity index (χ1) is 8.25. The molecule has 0 radical (unpaired) electrons. The molecule has 106 valence electrons. The van der Waals surface area contributed by atoms with Crippen LogP contribution in [0.5, 0.6) is 0 Å². The molecule has 2 atom stereocenters. The quantitative estimate of drug-likeness (QED) is 0.350. The fourth-order valence-electron chi connectivity index (χ4n) is 2.32. The molecule has 2 unspecified atom stereocenters. The summed E-state index contributed by atoms with van der Waals surface area (Å²) in [6, 6.07) is 0. The van der Waals surface area contributed by atoms with E-state index < -0.39 is 0 Å². The van der Waals surface area contributed by atoms with Crippen molar-refractivity contribution in [2.75, 3.05) is 0 Å². The Labute approximate surface area is 163 Å². The molecule has 0 N–H and O–H groups in total. The Kier molecular flexibility index (Phi) is 9.23. The van der Waals surface area contributed by atoms with Gasteiger partial charge in [0.05, 0.1) is 0 Å². The van der Waals surface area contributed by atoms with Gasteiger partial charge < -0.3 is 2.85 Å². The van der Waals surface area contributed by atoms with Gasteiger partial charge in [-0.15, -0.1) is 0 Å². The molecule has 0 amide bonds. The van der Waals surface area contributed by atoms with E-state index in [0.29, 0.717) is 56.9 Å². The van der Waals surface area contributed by atoms with E-state index in [-0.39, 0.29) is 24.6 Å². The van der Waals surface area contributed by atoms with E-state index in [2.05, 4.69) is 53.7 Å². The third-order valence-corrected chi connectivity index (χ3v) is 10.4. The molecule has 0 spiro atoms. The van der Waals surface area contributed by atoms with E-state index in [0.717, 1.165) is 0 Å². The first-order valence-electron chi connectivity index (χ1n) is 6.81. The zero-order valence-electron chi connectivity index (χ0n) is 15.7. The molecule has 0 aromatic carbocycles. The molecule has 19 heavy (non-hydrogen) atoms. The fourth-order valence-corrected chi connectivity index (χ4v) is 7.05. The van der Waals surface area contributed by atoms with E-state index in [4.69, 9.17) is 0 Å². The Balaban J connectivity index is -0.000000270. The maximum atomic E-state index is 3.45. The Morgan fingerprint density at radius 3 is 1.11 bits per heavy atom. The summed E-state index contributed by atoms with van der Waals surface area (Å²) in [7, 11) is 0. The second-order valence-corrected chi connectivity index (χ2v) is 11.3. The van der Waals surface area contributed by atoms with Crippen molar-refractivity contribution in [3.63, 3.8) is 0 Å². The van der Waals surface area contributed by atoms with E-state index in [1.54, 1.807) is 7.18 Å². The normalized spacial score (nSPS) is 26.0. The van der Waals surface area contributed by atoms with Crippen LogP contribution in [0.3, 0.4) is 0 Å². The molecule has 3 heteroatoms. The summed E-state index contributed by atoms with van der Waals surface area (Å²) in [5.41, 5.74) is 6.12. The van der Waals surface area contributed by atoms with Gasteiger partial charge >= 0.3 is 162 Å². The zero-order chi connectivity index (χ0) is 14.0. The van der Waals surface area contributed by atoms with Crippen LogP contribution < -0.4 is 0 Å². The van der Waals surface area contributed by atoms with Crippen LogP contribution in [0.1, 0.15) is 44.4 Å². The van der Waals surface area contributed by atoms with E-state index in [1.807, 2.05) is 0 Å². The van der Waals surface area contributed by atoms with Gasteiger partial charge in [-0.25, -0.2) is 0 Å². The average molecular weight is 506 g/mol. The van der Waals surface area contributed by atoms with Gasteiger partial charge in [-0.3, -0.25) is 0 Å². The Morgan fingerprint density at radius 1 is 0.789 bits per heavy atom. The van der Waals surface area contributed by atoms with Crippen LogP contribution in [0.25, 0.3) is 0 Å². The van der Waals surface area contributed by atoms with Gasteiger partial charge in [0, 0.05) is 0 Å². The van der Waals surface area contributed by atoms with E-state index in [9.17, 15) is 0 Å². The fraction of sp³-hybridized carbons (Fsp3) is 0.500. The standard InChI is InChI=1S/2C8H10.2Sn.Ti.8H/c2*1-6-4-5-7(2)8(6)3;;;;;;;;;;;/h2*6H,1-3H3;;;;;;;;;;;/q2*-1;;;+2;;;;;;;2*-1. The third-order valence-electron chi connectivity index (χ3n) is 4.47. The zero-order valence-corrected chi connectivity index (χ0v) is 26.6. The summed E-state index contributed by atoms with van der Waals surface area (Å²) in [5, 5.41) is 0. The number of rotatable bonds is 0. The molecule has 0 bridgehead atoms. The minimum absolute atomic E-state index is 0. The van der Waals surface area contributed by atoms with Gasteiger partial charge in [0.15, 0.2) is 0 Å². The van der Waals surface area contributed by atoms with Crippen molar-refractivity contribution >= 4 is 45.0 Å². The Hall–Kier alpha value is 1.27. The van der Waals surface area contributed by atoms with Crippen LogP contribution >= 0.6 is 0 Å². The summed E-state index contributed by atoms with van der Waals surface area (Å²) in [5.74, 6) is 1.23. The van der Waals surface area contributed by atoms with Crippen molar-refractivity contribution < 1.29 is 24.6 Å². The molecule has 2 aliphatic carbocycles. The minimum Gasteiger partial charge on any atom is -1.00 e. The minimum atomic E-state index is 0. The van der Waals surface area contributed by atoms with E-state index in [1.165, 1.54) is 22.3 Å². The summed E-state index contributed by atoms with van der Waals surface area (Å²) >= 11 is 1.33. The average Bonchev–Trinajstić information content (AvgIpc) is 2.66. The molecular weight excluding hydrogens is 477 g/mol. The van der Waals surface area contributed by atoms with Gasteiger partial charge in [0.25, 0.3) is 0 Å². The molecule has 0 aromatic heterocycles. The predicted octanol–water partition coefficient (Wildman–Crippen LogP) is 2.27. The first-order valence-corrected chi connectivity index (χ1v) is 12.5. The van der Waals surface area contributed by atoms with Gasteiger partial charge in [-0.05, 0) is 0 Å². The maximum absolute atomic E-state index is 3.45. The summed E-state index contributed by atoms with van der Waals surface area (Å²) in [6.45, 7) is 13.3. The predicted molar refractivity (Wildman–Crippen MR) is 90.7 cm³/mol. The third kappa shape index (κ3) is 5.19. The monoisotopic (exact) mass is 508 g/mol. The second kappa shape index (κ2) is 8.65. The Bertz CT molecular complexity index is 433.